The molecule has 0 spiro atoms. The van der Waals surface area contributed by atoms with E-state index in [0.717, 1.165) is 5.56 Å². The lowest BCUT2D eigenvalue weighted by molar-refractivity contribution is -0.140. The summed E-state index contributed by atoms with van der Waals surface area (Å²) in [5.74, 6) is -0.520. The molecule has 100 valence electrons. The van der Waals surface area contributed by atoms with Gasteiger partial charge in [0.2, 0.25) is 0 Å². The Labute approximate surface area is 117 Å². The van der Waals surface area contributed by atoms with Gasteiger partial charge in [-0.05, 0) is 30.0 Å². The maximum absolute atomic E-state index is 11.1. The van der Waals surface area contributed by atoms with Gasteiger partial charge in [-0.2, -0.15) is 0 Å². The number of carbonyl (C=O) groups is 1. The molecule has 2 N–H and O–H groups in total. The molecule has 1 atom stereocenters. The SMILES string of the molecule is CC(C)C[C@@H](NCc1ccc(Cl)cc1Cl)C(=O)O. The molecule has 0 fully saturated rings. The summed E-state index contributed by atoms with van der Waals surface area (Å²) < 4.78 is 0. The van der Waals surface area contributed by atoms with Crippen LogP contribution in [0.3, 0.4) is 0 Å². The number of benzene rings is 1. The normalized spacial score (nSPS) is 12.7. The molecule has 0 radical (unpaired) electrons. The van der Waals surface area contributed by atoms with Gasteiger partial charge >= 0.3 is 5.97 Å². The summed E-state index contributed by atoms with van der Waals surface area (Å²) in [6.07, 6.45) is 0.584. The van der Waals surface area contributed by atoms with E-state index in [4.69, 9.17) is 28.3 Å². The Bertz CT molecular complexity index is 421. The maximum Gasteiger partial charge on any atom is 0.320 e. The average Bonchev–Trinajstić information content (AvgIpc) is 2.25. The highest BCUT2D eigenvalue weighted by molar-refractivity contribution is 6.35. The molecule has 0 saturated carbocycles. The van der Waals surface area contributed by atoms with Crippen molar-refractivity contribution >= 4 is 29.2 Å². The summed E-state index contributed by atoms with van der Waals surface area (Å²) in [4.78, 5) is 11.1. The third-order valence-corrected chi connectivity index (χ3v) is 3.15. The molecule has 3 nitrogen and oxygen atoms in total. The van der Waals surface area contributed by atoms with Crippen molar-refractivity contribution in [1.82, 2.24) is 5.32 Å². The number of aliphatic carboxylic acids is 1. The van der Waals surface area contributed by atoms with Gasteiger partial charge in [-0.1, -0.05) is 43.1 Å². The minimum Gasteiger partial charge on any atom is -0.480 e. The molecular weight excluding hydrogens is 273 g/mol. The lowest BCUT2D eigenvalue weighted by atomic mass is 10.0. The molecule has 0 bridgehead atoms. The summed E-state index contributed by atoms with van der Waals surface area (Å²) in [7, 11) is 0. The zero-order valence-electron chi connectivity index (χ0n) is 10.4. The molecule has 0 aliphatic carbocycles. The molecule has 0 amide bonds. The van der Waals surface area contributed by atoms with Gasteiger partial charge in [0.05, 0.1) is 0 Å². The van der Waals surface area contributed by atoms with E-state index in [1.807, 2.05) is 13.8 Å². The summed E-state index contributed by atoms with van der Waals surface area (Å²) in [6, 6.07) is 4.63. The van der Waals surface area contributed by atoms with Gasteiger partial charge in [0, 0.05) is 16.6 Å². The summed E-state index contributed by atoms with van der Waals surface area (Å²) in [5, 5.41) is 13.2. The first-order valence-corrected chi connectivity index (χ1v) is 6.56. The molecule has 1 rings (SSSR count). The number of hydrogen-bond acceptors (Lipinski definition) is 2. The zero-order chi connectivity index (χ0) is 13.7. The van der Waals surface area contributed by atoms with Crippen LogP contribution in [0.2, 0.25) is 10.0 Å². The summed E-state index contributed by atoms with van der Waals surface area (Å²) in [6.45, 7) is 4.40. The van der Waals surface area contributed by atoms with Crippen molar-refractivity contribution in [1.29, 1.82) is 0 Å². The average molecular weight is 290 g/mol. The largest absolute Gasteiger partial charge is 0.480 e. The van der Waals surface area contributed by atoms with E-state index in [2.05, 4.69) is 5.32 Å². The highest BCUT2D eigenvalue weighted by Crippen LogP contribution is 2.21. The van der Waals surface area contributed by atoms with Gasteiger partial charge in [-0.25, -0.2) is 0 Å². The lowest BCUT2D eigenvalue weighted by Gasteiger charge is -2.17. The predicted molar refractivity (Wildman–Crippen MR) is 74.2 cm³/mol. The number of halogens is 2. The van der Waals surface area contributed by atoms with E-state index in [1.165, 1.54) is 0 Å². The highest BCUT2D eigenvalue weighted by atomic mass is 35.5. The molecule has 1 aromatic rings. The van der Waals surface area contributed by atoms with Gasteiger partial charge in [0.25, 0.3) is 0 Å². The molecule has 0 aliphatic heterocycles. The van der Waals surface area contributed by atoms with Crippen LogP contribution in [0, 0.1) is 5.92 Å². The Balaban J connectivity index is 2.64. The van der Waals surface area contributed by atoms with Crippen LogP contribution in [0.4, 0.5) is 0 Å². The van der Waals surface area contributed by atoms with Crippen molar-refractivity contribution in [3.05, 3.63) is 33.8 Å². The minimum absolute atomic E-state index is 0.319. The Kier molecular flexibility index (Phi) is 5.93. The second-order valence-corrected chi connectivity index (χ2v) is 5.48. The number of carboxylic acids is 1. The van der Waals surface area contributed by atoms with E-state index >= 15 is 0 Å². The molecule has 0 saturated heterocycles. The molecule has 0 heterocycles. The van der Waals surface area contributed by atoms with E-state index in [-0.39, 0.29) is 0 Å². The molecule has 1 aromatic carbocycles. The standard InChI is InChI=1S/C13H17Cl2NO2/c1-8(2)5-12(13(17)18)16-7-9-3-4-10(14)6-11(9)15/h3-4,6,8,12,16H,5,7H2,1-2H3,(H,17,18)/t12-/m1/s1. The fourth-order valence-corrected chi connectivity index (χ4v) is 2.12. The fraction of sp³-hybridized carbons (Fsp3) is 0.462. The van der Waals surface area contributed by atoms with Gasteiger partial charge in [-0.15, -0.1) is 0 Å². The van der Waals surface area contributed by atoms with Crippen molar-refractivity contribution in [2.24, 2.45) is 5.92 Å². The summed E-state index contributed by atoms with van der Waals surface area (Å²) in [5.41, 5.74) is 0.844. The van der Waals surface area contributed by atoms with Crippen molar-refractivity contribution < 1.29 is 9.90 Å². The Morgan fingerprint density at radius 2 is 2.06 bits per heavy atom. The zero-order valence-corrected chi connectivity index (χ0v) is 11.9. The minimum atomic E-state index is -0.839. The molecule has 0 unspecified atom stereocenters. The maximum atomic E-state index is 11.1. The summed E-state index contributed by atoms with van der Waals surface area (Å²) >= 11 is 11.8. The smallest absolute Gasteiger partial charge is 0.320 e. The topological polar surface area (TPSA) is 49.3 Å². The van der Waals surface area contributed by atoms with Crippen LogP contribution >= 0.6 is 23.2 Å². The van der Waals surface area contributed by atoms with Crippen molar-refractivity contribution in [3.8, 4) is 0 Å². The number of carboxylic acid groups (broad SMARTS) is 1. The lowest BCUT2D eigenvalue weighted by Crippen LogP contribution is -2.37. The Morgan fingerprint density at radius 3 is 2.56 bits per heavy atom. The second kappa shape index (κ2) is 6.98. The monoisotopic (exact) mass is 289 g/mol. The third kappa shape index (κ3) is 4.84. The second-order valence-electron chi connectivity index (χ2n) is 4.64. The van der Waals surface area contributed by atoms with Crippen LogP contribution in [0.1, 0.15) is 25.8 Å². The third-order valence-electron chi connectivity index (χ3n) is 2.56. The molecule has 0 aliphatic rings. The van der Waals surface area contributed by atoms with Crippen LogP contribution in [0.15, 0.2) is 18.2 Å². The number of rotatable bonds is 6. The van der Waals surface area contributed by atoms with Gasteiger partial charge in [0.15, 0.2) is 0 Å². The first-order chi connectivity index (χ1) is 8.40. The molecule has 0 aromatic heterocycles. The van der Waals surface area contributed by atoms with E-state index in [9.17, 15) is 4.79 Å². The van der Waals surface area contributed by atoms with Gasteiger partial charge < -0.3 is 10.4 Å². The van der Waals surface area contributed by atoms with E-state index in [1.54, 1.807) is 18.2 Å². The van der Waals surface area contributed by atoms with Crippen LogP contribution in [0.25, 0.3) is 0 Å². The molecular formula is C13H17Cl2NO2. The first-order valence-electron chi connectivity index (χ1n) is 5.80. The first kappa shape index (κ1) is 15.3. The Morgan fingerprint density at radius 1 is 1.39 bits per heavy atom. The van der Waals surface area contributed by atoms with Gasteiger partial charge in [0.1, 0.15) is 6.04 Å². The number of nitrogens with one attached hydrogen (secondary N) is 1. The molecule has 18 heavy (non-hydrogen) atoms. The van der Waals surface area contributed by atoms with Crippen LogP contribution in [-0.4, -0.2) is 17.1 Å². The number of hydrogen-bond donors (Lipinski definition) is 2. The van der Waals surface area contributed by atoms with Crippen LogP contribution in [0.5, 0.6) is 0 Å². The fourth-order valence-electron chi connectivity index (χ4n) is 1.64. The van der Waals surface area contributed by atoms with Gasteiger partial charge in [-0.3, -0.25) is 4.79 Å². The van der Waals surface area contributed by atoms with Crippen molar-refractivity contribution in [2.45, 2.75) is 32.9 Å². The van der Waals surface area contributed by atoms with Crippen LogP contribution < -0.4 is 5.32 Å². The van der Waals surface area contributed by atoms with E-state index < -0.39 is 12.0 Å². The highest BCUT2D eigenvalue weighted by Gasteiger charge is 2.18. The van der Waals surface area contributed by atoms with Crippen LogP contribution in [-0.2, 0) is 11.3 Å². The quantitative estimate of drug-likeness (QED) is 0.842. The predicted octanol–water partition coefficient (Wildman–Crippen LogP) is 3.58. The van der Waals surface area contributed by atoms with Crippen molar-refractivity contribution in [2.75, 3.05) is 0 Å². The molecule has 5 heteroatoms. The van der Waals surface area contributed by atoms with E-state index in [0.29, 0.717) is 28.9 Å². The Hall–Kier alpha value is -0.770. The van der Waals surface area contributed by atoms with Crippen molar-refractivity contribution in [3.63, 3.8) is 0 Å².